The Morgan fingerprint density at radius 1 is 1.20 bits per heavy atom. The van der Waals surface area contributed by atoms with E-state index >= 15 is 0 Å². The second kappa shape index (κ2) is 2.82. The van der Waals surface area contributed by atoms with Gasteiger partial charge in [0.25, 0.3) is 0 Å². The molecule has 0 bridgehead atoms. The molecule has 0 aliphatic carbocycles. The quantitative estimate of drug-likeness (QED) is 0.523. The van der Waals surface area contributed by atoms with E-state index in [1.54, 1.807) is 12.2 Å². The summed E-state index contributed by atoms with van der Waals surface area (Å²) in [6.45, 7) is 0. The monoisotopic (exact) mass is 138 g/mol. The van der Waals surface area contributed by atoms with Gasteiger partial charge < -0.3 is 10.2 Å². The van der Waals surface area contributed by atoms with Crippen LogP contribution in [0.2, 0.25) is 0 Å². The van der Waals surface area contributed by atoms with E-state index in [1.807, 2.05) is 0 Å². The van der Waals surface area contributed by atoms with Crippen LogP contribution >= 0.6 is 0 Å². The Morgan fingerprint density at radius 2 is 2.00 bits per heavy atom. The third kappa shape index (κ3) is 1.74. The number of amidine groups is 1. The molecule has 0 aromatic rings. The van der Waals surface area contributed by atoms with Gasteiger partial charge in [0.2, 0.25) is 5.88 Å². The van der Waals surface area contributed by atoms with Gasteiger partial charge in [0, 0.05) is 12.3 Å². The molecule has 2 N–H and O–H groups in total. The second-order valence-corrected chi connectivity index (χ2v) is 1.60. The Morgan fingerprint density at radius 3 is 2.80 bits per heavy atom. The molecule has 52 valence electrons. The maximum Gasteiger partial charge on any atom is 0.317 e. The molecular weight excluding hydrogens is 132 g/mol. The number of rotatable bonds is 0. The average molecular weight is 138 g/mol. The van der Waals surface area contributed by atoms with Gasteiger partial charge in [-0.15, -0.1) is 0 Å². The molecule has 0 saturated carbocycles. The fourth-order valence-corrected chi connectivity index (χ4v) is 0.470. The van der Waals surface area contributed by atoms with Crippen molar-refractivity contribution in [3.05, 3.63) is 24.1 Å². The highest BCUT2D eigenvalue weighted by atomic mass is 16.3. The maximum atomic E-state index is 8.77. The van der Waals surface area contributed by atoms with E-state index in [1.165, 1.54) is 12.3 Å². The third-order valence-electron chi connectivity index (χ3n) is 0.847. The van der Waals surface area contributed by atoms with Crippen molar-refractivity contribution in [1.82, 2.24) is 0 Å². The lowest BCUT2D eigenvalue weighted by Gasteiger charge is -1.91. The van der Waals surface area contributed by atoms with Crippen molar-refractivity contribution in [3.63, 3.8) is 0 Å². The Hall–Kier alpha value is -1.58. The van der Waals surface area contributed by atoms with Gasteiger partial charge in [-0.05, 0) is 6.08 Å². The van der Waals surface area contributed by atoms with Gasteiger partial charge in [0.05, 0.1) is 0 Å². The van der Waals surface area contributed by atoms with E-state index in [9.17, 15) is 0 Å². The zero-order chi connectivity index (χ0) is 7.40. The van der Waals surface area contributed by atoms with Gasteiger partial charge in [0.15, 0.2) is 0 Å². The highest BCUT2D eigenvalue weighted by Crippen LogP contribution is 1.94. The fourth-order valence-electron chi connectivity index (χ4n) is 0.470. The van der Waals surface area contributed by atoms with Gasteiger partial charge in [-0.25, -0.2) is 4.99 Å². The zero-order valence-electron chi connectivity index (χ0n) is 5.10. The molecule has 0 saturated heterocycles. The highest BCUT2D eigenvalue weighted by Gasteiger charge is 1.92. The van der Waals surface area contributed by atoms with Crippen molar-refractivity contribution >= 4 is 12.2 Å². The molecule has 1 rings (SSSR count). The summed E-state index contributed by atoms with van der Waals surface area (Å²) in [5.74, 6) is -0.259. The van der Waals surface area contributed by atoms with Crippen LogP contribution in [0.4, 0.5) is 0 Å². The first-order valence-electron chi connectivity index (χ1n) is 2.66. The van der Waals surface area contributed by atoms with Crippen LogP contribution in [0.5, 0.6) is 0 Å². The summed E-state index contributed by atoms with van der Waals surface area (Å²) in [6, 6.07) is -0.446. The Bertz CT molecular complexity index is 235. The lowest BCUT2D eigenvalue weighted by Crippen LogP contribution is -1.93. The summed E-state index contributed by atoms with van der Waals surface area (Å²) >= 11 is 0. The molecule has 10 heavy (non-hydrogen) atoms. The molecule has 4 heteroatoms. The minimum Gasteiger partial charge on any atom is -0.493 e. The smallest absolute Gasteiger partial charge is 0.317 e. The normalized spacial score (nSPS) is 17.2. The van der Waals surface area contributed by atoms with Crippen molar-refractivity contribution in [2.45, 2.75) is 0 Å². The molecular formula is C6H6N2O2. The Balaban J connectivity index is 2.89. The summed E-state index contributed by atoms with van der Waals surface area (Å²) < 4.78 is 0. The van der Waals surface area contributed by atoms with Crippen LogP contribution in [0.1, 0.15) is 0 Å². The molecule has 0 atom stereocenters. The van der Waals surface area contributed by atoms with Gasteiger partial charge in [-0.2, -0.15) is 4.99 Å². The fraction of sp³-hybridized carbons (Fsp3) is 0. The summed E-state index contributed by atoms with van der Waals surface area (Å²) in [7, 11) is 0. The van der Waals surface area contributed by atoms with Crippen LogP contribution in [0.3, 0.4) is 0 Å². The van der Waals surface area contributed by atoms with E-state index in [0.717, 1.165) is 0 Å². The van der Waals surface area contributed by atoms with Crippen LogP contribution in [0.15, 0.2) is 34.1 Å². The largest absolute Gasteiger partial charge is 0.493 e. The molecule has 0 aromatic carbocycles. The molecule has 0 spiro atoms. The first-order chi connectivity index (χ1) is 4.79. The molecule has 0 unspecified atom stereocenters. The molecule has 1 heterocycles. The lowest BCUT2D eigenvalue weighted by atomic mass is 10.5. The SMILES string of the molecule is OC1=CC=CC=NC(O)=N1. The van der Waals surface area contributed by atoms with E-state index < -0.39 is 6.02 Å². The van der Waals surface area contributed by atoms with Crippen LogP contribution in [0.25, 0.3) is 0 Å². The van der Waals surface area contributed by atoms with Crippen LogP contribution in [-0.2, 0) is 0 Å². The van der Waals surface area contributed by atoms with Crippen molar-refractivity contribution in [3.8, 4) is 0 Å². The first-order valence-corrected chi connectivity index (χ1v) is 2.66. The van der Waals surface area contributed by atoms with E-state index in [-0.39, 0.29) is 5.88 Å². The number of hydrogen-bond acceptors (Lipinski definition) is 3. The maximum absolute atomic E-state index is 8.77. The lowest BCUT2D eigenvalue weighted by molar-refractivity contribution is 0.400. The van der Waals surface area contributed by atoms with E-state index in [0.29, 0.717) is 0 Å². The van der Waals surface area contributed by atoms with E-state index in [2.05, 4.69) is 9.98 Å². The van der Waals surface area contributed by atoms with Crippen LogP contribution in [-0.4, -0.2) is 22.4 Å². The topological polar surface area (TPSA) is 65.2 Å². The molecule has 0 amide bonds. The predicted octanol–water partition coefficient (Wildman–Crippen LogP) is 0.940. The van der Waals surface area contributed by atoms with Gasteiger partial charge >= 0.3 is 6.02 Å². The Labute approximate surface area is 57.6 Å². The number of aliphatic imine (C=N–C) groups is 2. The number of aliphatic hydroxyl groups excluding tert-OH is 2. The van der Waals surface area contributed by atoms with Gasteiger partial charge in [-0.1, -0.05) is 6.08 Å². The summed E-state index contributed by atoms with van der Waals surface area (Å²) in [5, 5.41) is 17.5. The average Bonchev–Trinajstić information content (AvgIpc) is 1.83. The highest BCUT2D eigenvalue weighted by molar-refractivity contribution is 5.87. The number of hydrogen-bond donors (Lipinski definition) is 2. The van der Waals surface area contributed by atoms with Crippen molar-refractivity contribution in [2.24, 2.45) is 9.98 Å². The first kappa shape index (κ1) is 6.54. The third-order valence-corrected chi connectivity index (χ3v) is 0.847. The van der Waals surface area contributed by atoms with E-state index in [4.69, 9.17) is 10.2 Å². The van der Waals surface area contributed by atoms with Crippen molar-refractivity contribution in [1.29, 1.82) is 0 Å². The number of allylic oxidation sites excluding steroid dienone is 3. The number of nitrogens with zero attached hydrogens (tertiary/aromatic N) is 2. The molecule has 0 fully saturated rings. The van der Waals surface area contributed by atoms with Gasteiger partial charge in [0.1, 0.15) is 0 Å². The number of aliphatic hydroxyl groups is 2. The zero-order valence-corrected chi connectivity index (χ0v) is 5.10. The van der Waals surface area contributed by atoms with Crippen LogP contribution < -0.4 is 0 Å². The standard InChI is InChI=1S/C6H6N2O2/c9-5-3-1-2-4-7-6(10)8-5/h1-4H,(H2,7,8,9,10). The summed E-state index contributed by atoms with van der Waals surface area (Å²) in [4.78, 5) is 6.70. The summed E-state index contributed by atoms with van der Waals surface area (Å²) in [5.41, 5.74) is 0. The molecule has 0 radical (unpaired) electrons. The molecule has 1 aliphatic rings. The minimum absolute atomic E-state index is 0.259. The summed E-state index contributed by atoms with van der Waals surface area (Å²) in [6.07, 6.45) is 5.86. The van der Waals surface area contributed by atoms with Crippen molar-refractivity contribution in [2.75, 3.05) is 0 Å². The van der Waals surface area contributed by atoms with Crippen LogP contribution in [0, 0.1) is 0 Å². The molecule has 1 aliphatic heterocycles. The Kier molecular flexibility index (Phi) is 1.84. The molecule has 0 aromatic heterocycles. The van der Waals surface area contributed by atoms with Gasteiger partial charge in [-0.3, -0.25) is 0 Å². The predicted molar refractivity (Wildman–Crippen MR) is 38.4 cm³/mol. The minimum atomic E-state index is -0.446. The van der Waals surface area contributed by atoms with Crippen molar-refractivity contribution < 1.29 is 10.2 Å². The molecule has 4 nitrogen and oxygen atoms in total. The second-order valence-electron chi connectivity index (χ2n) is 1.60.